The summed E-state index contributed by atoms with van der Waals surface area (Å²) in [5.41, 5.74) is 0. The van der Waals surface area contributed by atoms with E-state index in [-0.39, 0.29) is 23.8 Å². The van der Waals surface area contributed by atoms with Gasteiger partial charge in [-0.1, -0.05) is 41.0 Å². The Hall–Kier alpha value is -0.860. The Morgan fingerprint density at radius 2 is 1.70 bits per heavy atom. The van der Waals surface area contributed by atoms with Crippen molar-refractivity contribution in [1.29, 1.82) is 0 Å². The fourth-order valence-corrected chi connectivity index (χ4v) is 3.38. The van der Waals surface area contributed by atoms with E-state index in [1.54, 1.807) is 0 Å². The van der Waals surface area contributed by atoms with Crippen LogP contribution >= 0.6 is 0 Å². The summed E-state index contributed by atoms with van der Waals surface area (Å²) in [6.45, 7) is 11.9. The van der Waals surface area contributed by atoms with Crippen molar-refractivity contribution >= 4 is 11.8 Å². The van der Waals surface area contributed by atoms with Crippen molar-refractivity contribution < 1.29 is 14.3 Å². The molecule has 0 spiro atoms. The van der Waals surface area contributed by atoms with Crippen LogP contribution in [-0.4, -0.2) is 17.9 Å². The summed E-state index contributed by atoms with van der Waals surface area (Å²) >= 11 is 0. The van der Waals surface area contributed by atoms with Crippen molar-refractivity contribution in [3.05, 3.63) is 0 Å². The van der Waals surface area contributed by atoms with Gasteiger partial charge in [-0.15, -0.1) is 0 Å². The Kier molecular flexibility index (Phi) is 6.22. The van der Waals surface area contributed by atoms with Gasteiger partial charge in [0, 0.05) is 0 Å². The first-order valence-corrected chi connectivity index (χ1v) is 7.95. The van der Waals surface area contributed by atoms with Crippen LogP contribution < -0.4 is 0 Å². The highest BCUT2D eigenvalue weighted by Crippen LogP contribution is 2.36. The Bertz CT molecular complexity index is 346. The molecule has 116 valence electrons. The summed E-state index contributed by atoms with van der Waals surface area (Å²) in [5.74, 6) is 0.508. The van der Waals surface area contributed by atoms with Crippen molar-refractivity contribution in [2.45, 2.75) is 66.9 Å². The zero-order chi connectivity index (χ0) is 15.4. The van der Waals surface area contributed by atoms with Crippen molar-refractivity contribution in [3.63, 3.8) is 0 Å². The van der Waals surface area contributed by atoms with Crippen LogP contribution in [0.2, 0.25) is 0 Å². The SMILES string of the molecule is CC(=O)[C@@H](C(=O)O[C@@H]1C[C@@H](C)CC[C@@H]1C(C)C)C(C)C. The maximum absolute atomic E-state index is 12.3. The molecule has 1 aliphatic rings. The molecule has 0 amide bonds. The Balaban J connectivity index is 2.76. The van der Waals surface area contributed by atoms with E-state index in [4.69, 9.17) is 4.74 Å². The lowest BCUT2D eigenvalue weighted by molar-refractivity contribution is -0.164. The van der Waals surface area contributed by atoms with Gasteiger partial charge in [0.25, 0.3) is 0 Å². The molecule has 3 nitrogen and oxygen atoms in total. The number of hydrogen-bond donors (Lipinski definition) is 0. The van der Waals surface area contributed by atoms with Gasteiger partial charge in [-0.2, -0.15) is 0 Å². The fraction of sp³-hybridized carbons (Fsp3) is 0.882. The Morgan fingerprint density at radius 3 is 2.15 bits per heavy atom. The summed E-state index contributed by atoms with van der Waals surface area (Å²) in [6.07, 6.45) is 3.23. The molecule has 0 aromatic rings. The first-order valence-electron chi connectivity index (χ1n) is 7.95. The molecule has 0 aromatic heterocycles. The molecule has 20 heavy (non-hydrogen) atoms. The van der Waals surface area contributed by atoms with Crippen LogP contribution in [0.15, 0.2) is 0 Å². The van der Waals surface area contributed by atoms with E-state index in [0.717, 1.165) is 12.8 Å². The van der Waals surface area contributed by atoms with Gasteiger partial charge in [0.2, 0.25) is 0 Å². The van der Waals surface area contributed by atoms with Crippen LogP contribution in [0, 0.1) is 29.6 Å². The van der Waals surface area contributed by atoms with Gasteiger partial charge in [-0.3, -0.25) is 9.59 Å². The van der Waals surface area contributed by atoms with Crippen molar-refractivity contribution in [3.8, 4) is 0 Å². The lowest BCUT2D eigenvalue weighted by atomic mass is 9.75. The number of rotatable bonds is 5. The Morgan fingerprint density at radius 1 is 1.10 bits per heavy atom. The predicted molar refractivity (Wildman–Crippen MR) is 80.2 cm³/mol. The number of Topliss-reactive ketones (excluding diaryl/α,β-unsaturated/α-hetero) is 1. The van der Waals surface area contributed by atoms with Gasteiger partial charge < -0.3 is 4.74 Å². The van der Waals surface area contributed by atoms with E-state index in [1.165, 1.54) is 13.3 Å². The third-order valence-electron chi connectivity index (χ3n) is 4.59. The quantitative estimate of drug-likeness (QED) is 0.568. The summed E-state index contributed by atoms with van der Waals surface area (Å²) in [4.78, 5) is 24.0. The minimum atomic E-state index is -0.611. The summed E-state index contributed by atoms with van der Waals surface area (Å²) < 4.78 is 5.76. The third-order valence-corrected chi connectivity index (χ3v) is 4.59. The van der Waals surface area contributed by atoms with Crippen LogP contribution in [0.5, 0.6) is 0 Å². The molecular formula is C17H30O3. The highest BCUT2D eigenvalue weighted by atomic mass is 16.5. The molecular weight excluding hydrogens is 252 g/mol. The average Bonchev–Trinajstić information content (AvgIpc) is 2.26. The van der Waals surface area contributed by atoms with Crippen LogP contribution in [0.4, 0.5) is 0 Å². The minimum Gasteiger partial charge on any atom is -0.462 e. The monoisotopic (exact) mass is 282 g/mol. The average molecular weight is 282 g/mol. The van der Waals surface area contributed by atoms with E-state index in [1.807, 2.05) is 13.8 Å². The molecule has 1 rings (SSSR count). The summed E-state index contributed by atoms with van der Waals surface area (Å²) in [7, 11) is 0. The first-order chi connectivity index (χ1) is 9.23. The Labute approximate surface area is 123 Å². The smallest absolute Gasteiger partial charge is 0.317 e. The number of hydrogen-bond acceptors (Lipinski definition) is 3. The van der Waals surface area contributed by atoms with Gasteiger partial charge >= 0.3 is 5.97 Å². The zero-order valence-corrected chi connectivity index (χ0v) is 13.8. The second kappa shape index (κ2) is 7.24. The maximum Gasteiger partial charge on any atom is 0.317 e. The van der Waals surface area contributed by atoms with E-state index >= 15 is 0 Å². The second-order valence-electron chi connectivity index (χ2n) is 7.13. The van der Waals surface area contributed by atoms with Crippen molar-refractivity contribution in [2.24, 2.45) is 29.6 Å². The molecule has 0 unspecified atom stereocenters. The molecule has 0 aromatic carbocycles. The van der Waals surface area contributed by atoms with Crippen LogP contribution in [0.1, 0.15) is 60.8 Å². The van der Waals surface area contributed by atoms with Crippen molar-refractivity contribution in [1.82, 2.24) is 0 Å². The van der Waals surface area contributed by atoms with Gasteiger partial charge in [0.15, 0.2) is 0 Å². The number of esters is 1. The van der Waals surface area contributed by atoms with Gasteiger partial charge in [-0.25, -0.2) is 0 Å². The molecule has 0 N–H and O–H groups in total. The largest absolute Gasteiger partial charge is 0.462 e. The van der Waals surface area contributed by atoms with Crippen LogP contribution in [0.25, 0.3) is 0 Å². The minimum absolute atomic E-state index is 0.00138. The number of carbonyl (C=O) groups excluding carboxylic acids is 2. The van der Waals surface area contributed by atoms with Crippen molar-refractivity contribution in [2.75, 3.05) is 0 Å². The van der Waals surface area contributed by atoms with Crippen LogP contribution in [-0.2, 0) is 14.3 Å². The molecule has 0 heterocycles. The first kappa shape index (κ1) is 17.2. The summed E-state index contributed by atoms with van der Waals surface area (Å²) in [5, 5.41) is 0. The van der Waals surface area contributed by atoms with Gasteiger partial charge in [0.1, 0.15) is 17.8 Å². The second-order valence-corrected chi connectivity index (χ2v) is 7.13. The molecule has 0 saturated heterocycles. The van der Waals surface area contributed by atoms with E-state index in [9.17, 15) is 9.59 Å². The van der Waals surface area contributed by atoms with Gasteiger partial charge in [-0.05, 0) is 43.4 Å². The fourth-order valence-electron chi connectivity index (χ4n) is 3.38. The number of ether oxygens (including phenoxy) is 1. The highest BCUT2D eigenvalue weighted by molar-refractivity contribution is 5.98. The topological polar surface area (TPSA) is 43.4 Å². The molecule has 0 bridgehead atoms. The molecule has 4 atom stereocenters. The molecule has 1 fully saturated rings. The third kappa shape index (κ3) is 4.32. The van der Waals surface area contributed by atoms with Crippen LogP contribution in [0.3, 0.4) is 0 Å². The molecule has 1 aliphatic carbocycles. The highest BCUT2D eigenvalue weighted by Gasteiger charge is 2.36. The number of ketones is 1. The summed E-state index contributed by atoms with van der Waals surface area (Å²) in [6, 6.07) is 0. The lowest BCUT2D eigenvalue weighted by Gasteiger charge is -2.37. The number of carbonyl (C=O) groups is 2. The standard InChI is InChI=1S/C17H30O3/c1-10(2)14-8-7-12(5)9-15(14)20-17(19)16(11(3)4)13(6)18/h10-12,14-16H,7-9H2,1-6H3/t12-,14+,15+,16-/m0/s1. The zero-order valence-electron chi connectivity index (χ0n) is 13.8. The van der Waals surface area contributed by atoms with E-state index < -0.39 is 5.92 Å². The normalized spacial score (nSPS) is 28.5. The van der Waals surface area contributed by atoms with Gasteiger partial charge in [0.05, 0.1) is 0 Å². The maximum atomic E-state index is 12.3. The predicted octanol–water partition coefficient (Wildman–Crippen LogP) is 3.85. The van der Waals surface area contributed by atoms with E-state index in [0.29, 0.717) is 17.8 Å². The van der Waals surface area contributed by atoms with E-state index in [2.05, 4.69) is 20.8 Å². The lowest BCUT2D eigenvalue weighted by Crippen LogP contribution is -2.39. The molecule has 0 radical (unpaired) electrons. The molecule has 3 heteroatoms. The molecule has 1 saturated carbocycles. The molecule has 0 aliphatic heterocycles.